The lowest BCUT2D eigenvalue weighted by Crippen LogP contribution is -2.05. The standard InChI is InChI=1S/C12H11ClN2O/c1-2-15-8-7-14-12(15)11(16)9-3-5-10(13)6-4-9/h2-8,11,16H,1H2. The van der Waals surface area contributed by atoms with E-state index in [0.717, 1.165) is 5.56 Å². The normalized spacial score (nSPS) is 12.4. The number of imidazole rings is 1. The van der Waals surface area contributed by atoms with Gasteiger partial charge in [0.2, 0.25) is 0 Å². The van der Waals surface area contributed by atoms with Crippen molar-refractivity contribution in [3.8, 4) is 0 Å². The summed E-state index contributed by atoms with van der Waals surface area (Å²) in [5, 5.41) is 10.8. The van der Waals surface area contributed by atoms with Gasteiger partial charge in [0.1, 0.15) is 11.9 Å². The average molecular weight is 235 g/mol. The molecule has 3 nitrogen and oxygen atoms in total. The monoisotopic (exact) mass is 234 g/mol. The highest BCUT2D eigenvalue weighted by atomic mass is 35.5. The van der Waals surface area contributed by atoms with Gasteiger partial charge in [-0.15, -0.1) is 0 Å². The molecule has 1 aromatic carbocycles. The fourth-order valence-corrected chi connectivity index (χ4v) is 1.61. The van der Waals surface area contributed by atoms with Gasteiger partial charge in [-0.1, -0.05) is 30.3 Å². The third-order valence-corrected chi connectivity index (χ3v) is 2.58. The average Bonchev–Trinajstić information content (AvgIpc) is 2.77. The zero-order chi connectivity index (χ0) is 11.5. The van der Waals surface area contributed by atoms with Crippen molar-refractivity contribution in [2.75, 3.05) is 0 Å². The van der Waals surface area contributed by atoms with Crippen molar-refractivity contribution < 1.29 is 5.11 Å². The molecule has 2 aromatic rings. The quantitative estimate of drug-likeness (QED) is 0.887. The summed E-state index contributed by atoms with van der Waals surface area (Å²) >= 11 is 5.78. The van der Waals surface area contributed by atoms with Gasteiger partial charge in [-0.05, 0) is 17.7 Å². The molecule has 0 radical (unpaired) electrons. The molecule has 0 spiro atoms. The van der Waals surface area contributed by atoms with E-state index in [2.05, 4.69) is 11.6 Å². The first-order valence-electron chi connectivity index (χ1n) is 4.81. The van der Waals surface area contributed by atoms with Gasteiger partial charge >= 0.3 is 0 Å². The fourth-order valence-electron chi connectivity index (χ4n) is 1.48. The Hall–Kier alpha value is -1.58. The maximum atomic E-state index is 10.1. The highest BCUT2D eigenvalue weighted by Gasteiger charge is 2.14. The van der Waals surface area contributed by atoms with E-state index in [4.69, 9.17) is 11.6 Å². The Kier molecular flexibility index (Phi) is 3.08. The second-order valence-electron chi connectivity index (χ2n) is 3.33. The molecule has 0 aliphatic heterocycles. The summed E-state index contributed by atoms with van der Waals surface area (Å²) in [4.78, 5) is 4.09. The molecule has 0 bridgehead atoms. The summed E-state index contributed by atoms with van der Waals surface area (Å²) in [5.41, 5.74) is 0.749. The first-order chi connectivity index (χ1) is 7.72. The smallest absolute Gasteiger partial charge is 0.146 e. The highest BCUT2D eigenvalue weighted by Crippen LogP contribution is 2.22. The number of halogens is 1. The Morgan fingerprint density at radius 1 is 1.38 bits per heavy atom. The van der Waals surface area contributed by atoms with Crippen molar-refractivity contribution in [3.05, 3.63) is 59.6 Å². The van der Waals surface area contributed by atoms with E-state index in [9.17, 15) is 5.11 Å². The Bertz CT molecular complexity index is 490. The lowest BCUT2D eigenvalue weighted by molar-refractivity contribution is 0.209. The number of hydrogen-bond donors (Lipinski definition) is 1. The van der Waals surface area contributed by atoms with Crippen LogP contribution in [0.4, 0.5) is 0 Å². The van der Waals surface area contributed by atoms with Crippen LogP contribution >= 0.6 is 11.6 Å². The molecule has 2 rings (SSSR count). The zero-order valence-electron chi connectivity index (χ0n) is 8.55. The van der Waals surface area contributed by atoms with E-state index in [-0.39, 0.29) is 0 Å². The predicted octanol–water partition coefficient (Wildman–Crippen LogP) is 2.72. The summed E-state index contributed by atoms with van der Waals surface area (Å²) in [6.07, 6.45) is 4.18. The second kappa shape index (κ2) is 4.51. The molecule has 1 heterocycles. The van der Waals surface area contributed by atoms with Gasteiger partial charge in [0, 0.05) is 23.6 Å². The van der Waals surface area contributed by atoms with Crippen LogP contribution in [-0.2, 0) is 0 Å². The van der Waals surface area contributed by atoms with Gasteiger partial charge in [-0.25, -0.2) is 4.98 Å². The molecule has 0 aliphatic rings. The van der Waals surface area contributed by atoms with Crippen LogP contribution in [0.3, 0.4) is 0 Å². The molecule has 0 saturated carbocycles. The van der Waals surface area contributed by atoms with Gasteiger partial charge in [-0.3, -0.25) is 0 Å². The first-order valence-corrected chi connectivity index (χ1v) is 5.19. The summed E-state index contributed by atoms with van der Waals surface area (Å²) in [6, 6.07) is 7.02. The van der Waals surface area contributed by atoms with Crippen molar-refractivity contribution in [1.29, 1.82) is 0 Å². The lowest BCUT2D eigenvalue weighted by Gasteiger charge is -2.10. The minimum atomic E-state index is -0.773. The molecule has 1 aromatic heterocycles. The third kappa shape index (κ3) is 2.01. The van der Waals surface area contributed by atoms with Crippen LogP contribution < -0.4 is 0 Å². The molecule has 4 heteroatoms. The third-order valence-electron chi connectivity index (χ3n) is 2.33. The van der Waals surface area contributed by atoms with E-state index in [1.165, 1.54) is 0 Å². The fraction of sp³-hybridized carbons (Fsp3) is 0.0833. The van der Waals surface area contributed by atoms with Crippen molar-refractivity contribution >= 4 is 17.8 Å². The molecule has 1 N–H and O–H groups in total. The number of hydrogen-bond acceptors (Lipinski definition) is 2. The summed E-state index contributed by atoms with van der Waals surface area (Å²) < 4.78 is 1.68. The molecule has 0 aliphatic carbocycles. The van der Waals surface area contributed by atoms with Gasteiger partial charge in [0.25, 0.3) is 0 Å². The Morgan fingerprint density at radius 2 is 2.06 bits per heavy atom. The molecule has 1 unspecified atom stereocenters. The minimum Gasteiger partial charge on any atom is -0.380 e. The van der Waals surface area contributed by atoms with Crippen molar-refractivity contribution in [2.24, 2.45) is 0 Å². The predicted molar refractivity (Wildman–Crippen MR) is 64.1 cm³/mol. The number of aliphatic hydroxyl groups is 1. The van der Waals surface area contributed by atoms with E-state index >= 15 is 0 Å². The van der Waals surface area contributed by atoms with Gasteiger partial charge in [0.05, 0.1) is 0 Å². The number of aromatic nitrogens is 2. The maximum Gasteiger partial charge on any atom is 0.146 e. The number of benzene rings is 1. The van der Waals surface area contributed by atoms with Crippen molar-refractivity contribution in [1.82, 2.24) is 9.55 Å². The lowest BCUT2D eigenvalue weighted by atomic mass is 10.1. The summed E-state index contributed by atoms with van der Waals surface area (Å²) in [7, 11) is 0. The van der Waals surface area contributed by atoms with Gasteiger partial charge in [-0.2, -0.15) is 0 Å². The van der Waals surface area contributed by atoms with Crippen LogP contribution in [0.5, 0.6) is 0 Å². The molecular weight excluding hydrogens is 224 g/mol. The van der Waals surface area contributed by atoms with Crippen LogP contribution in [0.15, 0.2) is 43.2 Å². The van der Waals surface area contributed by atoms with E-state index in [1.807, 2.05) is 0 Å². The van der Waals surface area contributed by atoms with E-state index < -0.39 is 6.10 Å². The molecule has 1 atom stereocenters. The molecule has 0 fully saturated rings. The Morgan fingerprint density at radius 3 is 2.69 bits per heavy atom. The van der Waals surface area contributed by atoms with Crippen molar-refractivity contribution in [2.45, 2.75) is 6.10 Å². The minimum absolute atomic E-state index is 0.539. The zero-order valence-corrected chi connectivity index (χ0v) is 9.30. The Balaban J connectivity index is 2.35. The van der Waals surface area contributed by atoms with E-state index in [0.29, 0.717) is 10.8 Å². The van der Waals surface area contributed by atoms with Crippen LogP contribution in [0.1, 0.15) is 17.5 Å². The Labute approximate surface area is 98.6 Å². The van der Waals surface area contributed by atoms with Crippen LogP contribution in [0, 0.1) is 0 Å². The van der Waals surface area contributed by atoms with Crippen LogP contribution in [0.25, 0.3) is 6.20 Å². The van der Waals surface area contributed by atoms with Crippen LogP contribution in [0.2, 0.25) is 5.02 Å². The molecule has 0 saturated heterocycles. The van der Waals surface area contributed by atoms with Gasteiger partial charge < -0.3 is 9.67 Å². The molecular formula is C12H11ClN2O. The SMILES string of the molecule is C=Cn1ccnc1C(O)c1ccc(Cl)cc1. The molecule has 0 amide bonds. The maximum absolute atomic E-state index is 10.1. The summed E-state index contributed by atoms with van der Waals surface area (Å²) in [5.74, 6) is 0.539. The second-order valence-corrected chi connectivity index (χ2v) is 3.77. The number of rotatable bonds is 3. The molecule has 82 valence electrons. The summed E-state index contributed by atoms with van der Waals surface area (Å²) in [6.45, 7) is 3.64. The highest BCUT2D eigenvalue weighted by molar-refractivity contribution is 6.30. The van der Waals surface area contributed by atoms with Crippen LogP contribution in [-0.4, -0.2) is 14.7 Å². The van der Waals surface area contributed by atoms with E-state index in [1.54, 1.807) is 47.4 Å². The topological polar surface area (TPSA) is 38.0 Å². The molecule has 16 heavy (non-hydrogen) atoms. The largest absolute Gasteiger partial charge is 0.380 e. The van der Waals surface area contributed by atoms with Crippen molar-refractivity contribution in [3.63, 3.8) is 0 Å². The number of nitrogens with zero attached hydrogens (tertiary/aromatic N) is 2. The number of aliphatic hydroxyl groups excluding tert-OH is 1. The van der Waals surface area contributed by atoms with Gasteiger partial charge in [0.15, 0.2) is 0 Å². The first kappa shape index (κ1) is 10.9.